The Morgan fingerprint density at radius 1 is 1.17 bits per heavy atom. The summed E-state index contributed by atoms with van der Waals surface area (Å²) in [4.78, 5) is 29.2. The highest BCUT2D eigenvalue weighted by molar-refractivity contribution is 5.93. The van der Waals surface area contributed by atoms with Crippen LogP contribution in [0.2, 0.25) is 0 Å². The molecule has 3 rings (SSSR count). The van der Waals surface area contributed by atoms with Gasteiger partial charge in [-0.2, -0.15) is 0 Å². The molecule has 0 aliphatic carbocycles. The van der Waals surface area contributed by atoms with Crippen molar-refractivity contribution < 1.29 is 9.53 Å². The van der Waals surface area contributed by atoms with Gasteiger partial charge in [-0.15, -0.1) is 0 Å². The molecular weight excluding hydrogens is 304 g/mol. The zero-order chi connectivity index (χ0) is 17.1. The van der Waals surface area contributed by atoms with Crippen LogP contribution in [-0.4, -0.2) is 22.1 Å². The molecule has 2 aromatic heterocycles. The molecule has 1 aromatic carbocycles. The molecule has 122 valence electrons. The molecule has 0 radical (unpaired) electrons. The van der Waals surface area contributed by atoms with Gasteiger partial charge >= 0.3 is 5.97 Å². The van der Waals surface area contributed by atoms with Crippen LogP contribution in [0.1, 0.15) is 28.5 Å². The number of aromatic nitrogens is 2. The topological polar surface area (TPSA) is 61.2 Å². The van der Waals surface area contributed by atoms with Crippen LogP contribution in [0.15, 0.2) is 53.5 Å². The van der Waals surface area contributed by atoms with Crippen LogP contribution >= 0.6 is 0 Å². The van der Waals surface area contributed by atoms with Crippen molar-refractivity contribution in [1.29, 1.82) is 0 Å². The molecule has 0 saturated carbocycles. The van der Waals surface area contributed by atoms with Gasteiger partial charge in [0.05, 0.1) is 12.0 Å². The molecule has 0 bridgehead atoms. The van der Waals surface area contributed by atoms with Crippen molar-refractivity contribution in [2.45, 2.75) is 20.4 Å². The third-order valence-corrected chi connectivity index (χ3v) is 3.75. The van der Waals surface area contributed by atoms with Crippen LogP contribution in [0, 0.1) is 6.92 Å². The Bertz CT molecular complexity index is 946. The summed E-state index contributed by atoms with van der Waals surface area (Å²) in [5.74, 6) is -0.605. The molecule has 2 heterocycles. The van der Waals surface area contributed by atoms with E-state index < -0.39 is 5.97 Å². The molecule has 5 nitrogen and oxygen atoms in total. The quantitative estimate of drug-likeness (QED) is 0.693. The predicted octanol–water partition coefficient (Wildman–Crippen LogP) is 2.93. The van der Waals surface area contributed by atoms with E-state index in [-0.39, 0.29) is 17.6 Å². The number of carbonyl (C=O) groups excluding carboxylic acids is 1. The fraction of sp³-hybridized carbons (Fsp3) is 0.211. The number of aryl methyl sites for hydroxylation is 1. The van der Waals surface area contributed by atoms with Gasteiger partial charge in [0.25, 0.3) is 0 Å². The number of esters is 1. The lowest BCUT2D eigenvalue weighted by Crippen LogP contribution is -2.22. The molecule has 0 spiro atoms. The van der Waals surface area contributed by atoms with Crippen molar-refractivity contribution in [3.63, 3.8) is 0 Å². The minimum atomic E-state index is -0.605. The van der Waals surface area contributed by atoms with Crippen molar-refractivity contribution in [2.24, 2.45) is 0 Å². The van der Waals surface area contributed by atoms with Crippen molar-refractivity contribution in [3.05, 3.63) is 75.7 Å². The van der Waals surface area contributed by atoms with E-state index >= 15 is 0 Å². The van der Waals surface area contributed by atoms with Gasteiger partial charge in [0.15, 0.2) is 0 Å². The zero-order valence-corrected chi connectivity index (χ0v) is 13.7. The lowest BCUT2D eigenvalue weighted by atomic mass is 10.1. The van der Waals surface area contributed by atoms with Gasteiger partial charge in [-0.05, 0) is 31.5 Å². The normalized spacial score (nSPS) is 10.8. The van der Waals surface area contributed by atoms with Crippen molar-refractivity contribution in [3.8, 4) is 0 Å². The zero-order valence-electron chi connectivity index (χ0n) is 13.7. The third-order valence-electron chi connectivity index (χ3n) is 3.75. The monoisotopic (exact) mass is 322 g/mol. The number of fused-ring (bicyclic) bond motifs is 1. The molecule has 0 fully saturated rings. The highest BCUT2D eigenvalue weighted by atomic mass is 16.5. The third kappa shape index (κ3) is 3.06. The largest absolute Gasteiger partial charge is 0.462 e. The Hall–Kier alpha value is -2.95. The number of pyridine rings is 2. The first-order valence-electron chi connectivity index (χ1n) is 7.82. The average molecular weight is 322 g/mol. The highest BCUT2D eigenvalue weighted by Crippen LogP contribution is 2.14. The van der Waals surface area contributed by atoms with Gasteiger partial charge in [-0.25, -0.2) is 9.78 Å². The van der Waals surface area contributed by atoms with Gasteiger partial charge in [0.1, 0.15) is 11.2 Å². The van der Waals surface area contributed by atoms with Crippen LogP contribution in [0.25, 0.3) is 11.0 Å². The second kappa shape index (κ2) is 6.66. The summed E-state index contributed by atoms with van der Waals surface area (Å²) in [6, 6.07) is 13.3. The molecule has 5 heteroatoms. The Morgan fingerprint density at radius 2 is 1.92 bits per heavy atom. The maximum Gasteiger partial charge on any atom is 0.343 e. The smallest absolute Gasteiger partial charge is 0.343 e. The van der Waals surface area contributed by atoms with E-state index in [2.05, 4.69) is 4.98 Å². The number of hydrogen-bond donors (Lipinski definition) is 0. The number of nitrogens with zero attached hydrogens (tertiary/aromatic N) is 2. The Morgan fingerprint density at radius 3 is 2.62 bits per heavy atom. The van der Waals surface area contributed by atoms with Gasteiger partial charge < -0.3 is 9.30 Å². The number of carbonyl (C=O) groups is 1. The number of benzene rings is 1. The SMILES string of the molecule is CCOC(=O)c1cn(Cc2ccccc2)c2nc(C)ccc2c1=O. The van der Waals surface area contributed by atoms with E-state index in [1.54, 1.807) is 25.3 Å². The van der Waals surface area contributed by atoms with Crippen molar-refractivity contribution in [1.82, 2.24) is 9.55 Å². The molecule has 0 aliphatic heterocycles. The molecule has 0 N–H and O–H groups in total. The molecule has 0 saturated heterocycles. The summed E-state index contributed by atoms with van der Waals surface area (Å²) in [6.45, 7) is 4.32. The highest BCUT2D eigenvalue weighted by Gasteiger charge is 2.17. The predicted molar refractivity (Wildman–Crippen MR) is 92.2 cm³/mol. The number of ether oxygens (including phenoxy) is 1. The Kier molecular flexibility index (Phi) is 4.42. The minimum absolute atomic E-state index is 0.0333. The van der Waals surface area contributed by atoms with Gasteiger partial charge in [-0.3, -0.25) is 4.79 Å². The van der Waals surface area contributed by atoms with E-state index in [0.717, 1.165) is 11.3 Å². The molecule has 0 unspecified atom stereocenters. The maximum absolute atomic E-state index is 12.6. The molecule has 0 atom stereocenters. The molecule has 0 amide bonds. The standard InChI is InChI=1S/C19H18N2O3/c1-3-24-19(23)16-12-21(11-14-7-5-4-6-8-14)18-15(17(16)22)10-9-13(2)20-18/h4-10,12H,3,11H2,1-2H3. The number of rotatable bonds is 4. The summed E-state index contributed by atoms with van der Waals surface area (Å²) in [6.07, 6.45) is 1.54. The first kappa shape index (κ1) is 15.9. The van der Waals surface area contributed by atoms with Crippen LogP contribution in [0.5, 0.6) is 0 Å². The summed E-state index contributed by atoms with van der Waals surface area (Å²) < 4.78 is 6.84. The lowest BCUT2D eigenvalue weighted by Gasteiger charge is -2.13. The van der Waals surface area contributed by atoms with Crippen molar-refractivity contribution in [2.75, 3.05) is 6.61 Å². The second-order valence-electron chi connectivity index (χ2n) is 5.53. The van der Waals surface area contributed by atoms with Crippen LogP contribution in [0.4, 0.5) is 0 Å². The van der Waals surface area contributed by atoms with E-state index in [0.29, 0.717) is 17.6 Å². The van der Waals surface area contributed by atoms with E-state index in [1.807, 2.05) is 41.8 Å². The summed E-state index contributed by atoms with van der Waals surface area (Å²) >= 11 is 0. The van der Waals surface area contributed by atoms with E-state index in [9.17, 15) is 9.59 Å². The average Bonchev–Trinajstić information content (AvgIpc) is 2.58. The molecule has 0 aliphatic rings. The summed E-state index contributed by atoms with van der Waals surface area (Å²) in [5.41, 5.74) is 2.12. The van der Waals surface area contributed by atoms with Gasteiger partial charge in [-0.1, -0.05) is 30.3 Å². The summed E-state index contributed by atoms with van der Waals surface area (Å²) in [5, 5.41) is 0.419. The van der Waals surface area contributed by atoms with E-state index in [1.165, 1.54) is 0 Å². The Balaban J connectivity index is 2.21. The van der Waals surface area contributed by atoms with E-state index in [4.69, 9.17) is 4.74 Å². The first-order valence-corrected chi connectivity index (χ1v) is 7.82. The fourth-order valence-electron chi connectivity index (χ4n) is 2.61. The lowest BCUT2D eigenvalue weighted by molar-refractivity contribution is 0.0524. The molecule has 3 aromatic rings. The van der Waals surface area contributed by atoms with Gasteiger partial charge in [0.2, 0.25) is 5.43 Å². The summed E-state index contributed by atoms with van der Waals surface area (Å²) in [7, 11) is 0. The molecular formula is C19H18N2O3. The Labute approximate surface area is 139 Å². The van der Waals surface area contributed by atoms with Gasteiger partial charge in [0, 0.05) is 18.4 Å². The van der Waals surface area contributed by atoms with Crippen LogP contribution < -0.4 is 5.43 Å². The first-order chi connectivity index (χ1) is 11.6. The van der Waals surface area contributed by atoms with Crippen molar-refractivity contribution >= 4 is 17.0 Å². The maximum atomic E-state index is 12.6. The molecule has 24 heavy (non-hydrogen) atoms. The number of hydrogen-bond acceptors (Lipinski definition) is 4. The van der Waals surface area contributed by atoms with Crippen LogP contribution in [-0.2, 0) is 11.3 Å². The minimum Gasteiger partial charge on any atom is -0.462 e. The second-order valence-corrected chi connectivity index (χ2v) is 5.53. The fourth-order valence-corrected chi connectivity index (χ4v) is 2.61. The van der Waals surface area contributed by atoms with Crippen LogP contribution in [0.3, 0.4) is 0 Å².